The van der Waals surface area contributed by atoms with Crippen LogP contribution in [0.25, 0.3) is 0 Å². The number of hydrogen-bond donors (Lipinski definition) is 0. The second-order valence-corrected chi connectivity index (χ2v) is 8.70. The van der Waals surface area contributed by atoms with Gasteiger partial charge in [0.25, 0.3) is 0 Å². The highest BCUT2D eigenvalue weighted by Crippen LogP contribution is 2.25. The van der Waals surface area contributed by atoms with Crippen molar-refractivity contribution < 1.29 is 28.0 Å². The highest BCUT2D eigenvalue weighted by molar-refractivity contribution is 7.94. The number of amides is 1. The summed E-state index contributed by atoms with van der Waals surface area (Å²) < 4.78 is 32.3. The summed E-state index contributed by atoms with van der Waals surface area (Å²) in [6.07, 6.45) is 1.53. The normalized spacial score (nSPS) is 13.2. The Hall–Kier alpha value is -3.01. The van der Waals surface area contributed by atoms with Crippen molar-refractivity contribution in [1.29, 1.82) is 0 Å². The Labute approximate surface area is 163 Å². The van der Waals surface area contributed by atoms with Crippen molar-refractivity contribution >= 4 is 21.8 Å². The molecule has 1 heterocycles. The Morgan fingerprint density at radius 3 is 2.04 bits per heavy atom. The smallest absolute Gasteiger partial charge is 0.442 e. The Morgan fingerprint density at radius 1 is 1.00 bits per heavy atom. The first-order valence-electron chi connectivity index (χ1n) is 8.13. The van der Waals surface area contributed by atoms with Gasteiger partial charge in [-0.2, -0.15) is 0 Å². The zero-order valence-electron chi connectivity index (χ0n) is 16.2. The fourth-order valence-electron chi connectivity index (χ4n) is 2.07. The Bertz CT molecular complexity index is 972. The molecule has 0 aliphatic rings. The van der Waals surface area contributed by atoms with Gasteiger partial charge in [-0.15, -0.1) is 4.36 Å². The van der Waals surface area contributed by atoms with Crippen LogP contribution in [0.2, 0.25) is 0 Å². The van der Waals surface area contributed by atoms with Crippen LogP contribution in [0.4, 0.5) is 4.79 Å². The van der Waals surface area contributed by atoms with Crippen LogP contribution in [0.3, 0.4) is 0 Å². The molecule has 0 bridgehead atoms. The minimum atomic E-state index is -3.47. The summed E-state index contributed by atoms with van der Waals surface area (Å²) >= 11 is 0. The second-order valence-electron chi connectivity index (χ2n) is 6.52. The van der Waals surface area contributed by atoms with Crippen LogP contribution in [0, 0.1) is 0 Å². The molecule has 28 heavy (non-hydrogen) atoms. The van der Waals surface area contributed by atoms with Gasteiger partial charge in [0.15, 0.2) is 0 Å². The van der Waals surface area contributed by atoms with E-state index in [-0.39, 0.29) is 21.4 Å². The zero-order chi connectivity index (χ0) is 20.9. The molecule has 2 aromatic rings. The number of carbonyl (C=O) groups is 2. The highest BCUT2D eigenvalue weighted by Gasteiger charge is 2.23. The molecule has 0 aliphatic carbocycles. The molecule has 0 spiro atoms. The molecule has 10 heteroatoms. The molecule has 0 saturated heterocycles. The Morgan fingerprint density at radius 2 is 1.57 bits per heavy atom. The van der Waals surface area contributed by atoms with E-state index >= 15 is 0 Å². The highest BCUT2D eigenvalue weighted by atomic mass is 32.2. The molecular weight excluding hydrogens is 386 g/mol. The summed E-state index contributed by atoms with van der Waals surface area (Å²) in [6, 6.07) is 5.77. The zero-order valence-corrected chi connectivity index (χ0v) is 17.0. The summed E-state index contributed by atoms with van der Waals surface area (Å²) in [7, 11) is -0.827. The lowest BCUT2D eigenvalue weighted by molar-refractivity contribution is 0.0593. The molecule has 1 unspecified atom stereocenters. The molecule has 1 atom stereocenters. The van der Waals surface area contributed by atoms with Gasteiger partial charge in [0.2, 0.25) is 0 Å². The van der Waals surface area contributed by atoms with Crippen molar-refractivity contribution in [2.45, 2.75) is 36.2 Å². The van der Waals surface area contributed by atoms with Crippen LogP contribution < -0.4 is 4.74 Å². The molecule has 2 rings (SSSR count). The lowest BCUT2D eigenvalue weighted by Crippen LogP contribution is -2.22. The first-order chi connectivity index (χ1) is 13.1. The minimum absolute atomic E-state index is 0.0730. The number of ether oxygens (including phenoxy) is 3. The maximum atomic E-state index is 13.7. The van der Waals surface area contributed by atoms with Crippen LogP contribution in [0.15, 0.2) is 50.8 Å². The predicted octanol–water partition coefficient (Wildman–Crippen LogP) is 3.09. The average Bonchev–Trinajstić information content (AvgIpc) is 2.65. The molecule has 0 saturated carbocycles. The van der Waals surface area contributed by atoms with Gasteiger partial charge in [0, 0.05) is 0 Å². The summed E-state index contributed by atoms with van der Waals surface area (Å²) in [5, 5.41) is 0. The summed E-state index contributed by atoms with van der Waals surface area (Å²) in [6.45, 7) is 5.01. The fraction of sp³-hybridized carbons (Fsp3) is 0.333. The van der Waals surface area contributed by atoms with Gasteiger partial charge in [-0.05, 0) is 45.0 Å². The minimum Gasteiger partial charge on any atom is -0.467 e. The van der Waals surface area contributed by atoms with Crippen LogP contribution in [-0.2, 0) is 19.2 Å². The van der Waals surface area contributed by atoms with Crippen molar-refractivity contribution in [3.05, 3.63) is 42.2 Å². The molecule has 1 amide bonds. The number of aromatic nitrogens is 2. The number of carbonyl (C=O) groups excluding carboxylic acids is 2. The molecule has 9 nitrogen and oxygen atoms in total. The lowest BCUT2D eigenvalue weighted by Gasteiger charge is -2.18. The molecule has 1 aromatic heterocycles. The average molecular weight is 407 g/mol. The van der Waals surface area contributed by atoms with Crippen molar-refractivity contribution in [3.63, 3.8) is 0 Å². The van der Waals surface area contributed by atoms with Crippen molar-refractivity contribution in [1.82, 2.24) is 9.97 Å². The van der Waals surface area contributed by atoms with Crippen LogP contribution >= 0.6 is 0 Å². The molecule has 0 fully saturated rings. The van der Waals surface area contributed by atoms with Gasteiger partial charge in [-0.25, -0.2) is 23.8 Å². The maximum Gasteiger partial charge on any atom is 0.442 e. The van der Waals surface area contributed by atoms with Crippen molar-refractivity contribution in [3.8, 4) is 6.01 Å². The van der Waals surface area contributed by atoms with Gasteiger partial charge in [-0.3, -0.25) is 0 Å². The summed E-state index contributed by atoms with van der Waals surface area (Å²) in [5.74, 6) is -0.546. The third kappa shape index (κ3) is 5.03. The topological polar surface area (TPSA) is 117 Å². The standard InChI is InChI=1S/C18H21N3O6S/c1-18(2,3)27-17(23)21-28(24,14-10-19-16(26-5)20-11-14)13-8-6-12(7-9-13)15(22)25-4/h6-11H,1-5H3. The van der Waals surface area contributed by atoms with E-state index in [2.05, 4.69) is 19.1 Å². The van der Waals surface area contributed by atoms with Gasteiger partial charge in [0.05, 0.1) is 42.0 Å². The monoisotopic (exact) mass is 407 g/mol. The SMILES string of the molecule is COC(=O)c1ccc(S(=O)(=NC(=O)OC(C)(C)C)c2cnc(OC)nc2)cc1. The molecule has 0 aliphatic heterocycles. The summed E-state index contributed by atoms with van der Waals surface area (Å²) in [4.78, 5) is 32.0. The number of hydrogen-bond acceptors (Lipinski definition) is 8. The van der Waals surface area contributed by atoms with E-state index in [9.17, 15) is 13.8 Å². The van der Waals surface area contributed by atoms with E-state index in [1.165, 1.54) is 50.9 Å². The second kappa shape index (κ2) is 8.34. The van der Waals surface area contributed by atoms with E-state index in [1.54, 1.807) is 20.8 Å². The first kappa shape index (κ1) is 21.3. The van der Waals surface area contributed by atoms with Crippen LogP contribution in [0.1, 0.15) is 31.1 Å². The Balaban J connectivity index is 2.59. The van der Waals surface area contributed by atoms with E-state index in [0.717, 1.165) is 0 Å². The van der Waals surface area contributed by atoms with Gasteiger partial charge >= 0.3 is 18.1 Å². The lowest BCUT2D eigenvalue weighted by atomic mass is 10.2. The third-order valence-electron chi connectivity index (χ3n) is 3.30. The number of rotatable bonds is 4. The maximum absolute atomic E-state index is 13.7. The quantitative estimate of drug-likeness (QED) is 0.710. The largest absolute Gasteiger partial charge is 0.467 e. The molecule has 0 N–H and O–H groups in total. The van der Waals surface area contributed by atoms with Crippen molar-refractivity contribution in [2.75, 3.05) is 14.2 Å². The third-order valence-corrected chi connectivity index (χ3v) is 5.47. The number of benzene rings is 1. The van der Waals surface area contributed by atoms with E-state index in [1.807, 2.05) is 0 Å². The van der Waals surface area contributed by atoms with Gasteiger partial charge < -0.3 is 14.2 Å². The number of nitrogens with zero attached hydrogens (tertiary/aromatic N) is 3. The fourth-order valence-corrected chi connectivity index (χ4v) is 3.70. The van der Waals surface area contributed by atoms with E-state index in [4.69, 9.17) is 9.47 Å². The van der Waals surface area contributed by atoms with E-state index in [0.29, 0.717) is 0 Å². The Kier molecular flexibility index (Phi) is 6.34. The number of methoxy groups -OCH3 is 2. The molecular formula is C18H21N3O6S. The van der Waals surface area contributed by atoms with Crippen LogP contribution in [0.5, 0.6) is 6.01 Å². The van der Waals surface area contributed by atoms with Gasteiger partial charge in [-0.1, -0.05) is 0 Å². The van der Waals surface area contributed by atoms with E-state index < -0.39 is 27.4 Å². The van der Waals surface area contributed by atoms with Crippen molar-refractivity contribution in [2.24, 2.45) is 4.36 Å². The van der Waals surface area contributed by atoms with Crippen LogP contribution in [-0.4, -0.2) is 46.1 Å². The van der Waals surface area contributed by atoms with Gasteiger partial charge in [0.1, 0.15) is 15.3 Å². The predicted molar refractivity (Wildman–Crippen MR) is 99.7 cm³/mol. The molecule has 1 aromatic carbocycles. The molecule has 150 valence electrons. The summed E-state index contributed by atoms with van der Waals surface area (Å²) in [5.41, 5.74) is -0.553. The molecule has 0 radical (unpaired) electrons. The first-order valence-corrected chi connectivity index (χ1v) is 9.65. The number of esters is 1.